The summed E-state index contributed by atoms with van der Waals surface area (Å²) in [5.74, 6) is 1.97. The Bertz CT molecular complexity index is 805. The van der Waals surface area contributed by atoms with Crippen LogP contribution < -0.4 is 9.47 Å². The molecule has 0 amide bonds. The second kappa shape index (κ2) is 8.18. The minimum absolute atomic E-state index is 0.318. The van der Waals surface area contributed by atoms with Gasteiger partial charge < -0.3 is 14.4 Å². The summed E-state index contributed by atoms with van der Waals surface area (Å²) < 4.78 is 12.5. The lowest BCUT2D eigenvalue weighted by atomic mass is 9.99. The third-order valence-electron chi connectivity index (χ3n) is 5.69. The normalized spacial score (nSPS) is 17.8. The lowest BCUT2D eigenvalue weighted by molar-refractivity contribution is 0.113. The van der Waals surface area contributed by atoms with Gasteiger partial charge in [-0.3, -0.25) is 0 Å². The third-order valence-corrected chi connectivity index (χ3v) is 5.69. The number of nitrogens with zero attached hydrogens (tertiary/aromatic N) is 1. The smallest absolute Gasteiger partial charge is 0.133 e. The zero-order chi connectivity index (χ0) is 18.6. The first kappa shape index (κ1) is 18.1. The fourth-order valence-corrected chi connectivity index (χ4v) is 3.93. The molecule has 2 aliphatic rings. The van der Waals surface area contributed by atoms with Crippen LogP contribution in [-0.4, -0.2) is 37.7 Å². The molecule has 0 unspecified atom stereocenters. The van der Waals surface area contributed by atoms with E-state index >= 15 is 0 Å². The molecule has 1 saturated heterocycles. The predicted molar refractivity (Wildman–Crippen MR) is 111 cm³/mol. The van der Waals surface area contributed by atoms with Crippen LogP contribution in [0.5, 0.6) is 11.5 Å². The van der Waals surface area contributed by atoms with Gasteiger partial charge in [0.15, 0.2) is 0 Å². The summed E-state index contributed by atoms with van der Waals surface area (Å²) in [6.45, 7) is 5.02. The van der Waals surface area contributed by atoms with Gasteiger partial charge in [0.2, 0.25) is 0 Å². The summed E-state index contributed by atoms with van der Waals surface area (Å²) in [7, 11) is 2.18. The molecule has 3 nitrogen and oxygen atoms in total. The number of hydrogen-bond donors (Lipinski definition) is 0. The van der Waals surface area contributed by atoms with Crippen LogP contribution in [0.25, 0.3) is 6.08 Å². The van der Waals surface area contributed by atoms with Crippen molar-refractivity contribution >= 4 is 6.08 Å². The molecule has 2 aromatic carbocycles. The molecule has 3 heteroatoms. The zero-order valence-corrected chi connectivity index (χ0v) is 16.4. The van der Waals surface area contributed by atoms with Crippen LogP contribution in [-0.2, 0) is 6.42 Å². The van der Waals surface area contributed by atoms with Crippen LogP contribution in [0.2, 0.25) is 0 Å². The third kappa shape index (κ3) is 4.36. The van der Waals surface area contributed by atoms with Gasteiger partial charge in [-0.2, -0.15) is 0 Å². The molecule has 0 radical (unpaired) electrons. The quantitative estimate of drug-likeness (QED) is 0.756. The molecule has 0 saturated carbocycles. The van der Waals surface area contributed by atoms with Gasteiger partial charge in [0.05, 0.1) is 0 Å². The Morgan fingerprint density at radius 1 is 1.04 bits per heavy atom. The van der Waals surface area contributed by atoms with E-state index in [0.717, 1.165) is 55.8 Å². The van der Waals surface area contributed by atoms with E-state index < -0.39 is 0 Å². The second-order valence-electron chi connectivity index (χ2n) is 7.80. The lowest BCUT2D eigenvalue weighted by Gasteiger charge is -2.30. The monoisotopic (exact) mass is 363 g/mol. The molecule has 2 aliphatic heterocycles. The molecule has 0 N–H and O–H groups in total. The van der Waals surface area contributed by atoms with Gasteiger partial charge in [-0.25, -0.2) is 0 Å². The van der Waals surface area contributed by atoms with Crippen molar-refractivity contribution in [3.8, 4) is 11.5 Å². The van der Waals surface area contributed by atoms with Crippen molar-refractivity contribution in [2.45, 2.75) is 38.7 Å². The van der Waals surface area contributed by atoms with E-state index in [1.54, 1.807) is 0 Å². The number of piperidine rings is 1. The largest absolute Gasteiger partial charge is 0.490 e. The summed E-state index contributed by atoms with van der Waals surface area (Å²) >= 11 is 0. The maximum absolute atomic E-state index is 6.31. The Morgan fingerprint density at radius 2 is 1.81 bits per heavy atom. The van der Waals surface area contributed by atoms with E-state index in [0.29, 0.717) is 12.7 Å². The molecule has 27 heavy (non-hydrogen) atoms. The van der Waals surface area contributed by atoms with Crippen molar-refractivity contribution in [3.63, 3.8) is 0 Å². The summed E-state index contributed by atoms with van der Waals surface area (Å²) in [6, 6.07) is 14.9. The number of fused-ring (bicyclic) bond motifs is 1. The number of rotatable bonds is 5. The minimum atomic E-state index is 0.318. The first-order valence-electron chi connectivity index (χ1n) is 10.0. The Hall–Kier alpha value is -2.26. The fraction of sp³-hybridized carbons (Fsp3) is 0.417. The van der Waals surface area contributed by atoms with Crippen molar-refractivity contribution in [2.24, 2.45) is 0 Å². The molecule has 0 aromatic heterocycles. The zero-order valence-electron chi connectivity index (χ0n) is 16.4. The number of benzene rings is 2. The van der Waals surface area contributed by atoms with Gasteiger partial charge >= 0.3 is 0 Å². The Balaban J connectivity index is 1.43. The number of ether oxygens (including phenoxy) is 2. The fourth-order valence-electron chi connectivity index (χ4n) is 3.93. The van der Waals surface area contributed by atoms with Gasteiger partial charge in [0.25, 0.3) is 0 Å². The predicted octanol–water partition coefficient (Wildman–Crippen LogP) is 4.88. The van der Waals surface area contributed by atoms with Crippen LogP contribution in [0, 0.1) is 6.92 Å². The van der Waals surface area contributed by atoms with Crippen LogP contribution >= 0.6 is 0 Å². The van der Waals surface area contributed by atoms with Crippen LogP contribution in [0.15, 0.2) is 48.0 Å². The molecule has 0 aliphatic carbocycles. The van der Waals surface area contributed by atoms with E-state index in [1.165, 1.54) is 16.7 Å². The highest BCUT2D eigenvalue weighted by molar-refractivity contribution is 5.66. The van der Waals surface area contributed by atoms with Crippen LogP contribution in [0.4, 0.5) is 0 Å². The van der Waals surface area contributed by atoms with Crippen molar-refractivity contribution in [1.29, 1.82) is 0 Å². The second-order valence-corrected chi connectivity index (χ2v) is 7.80. The average Bonchev–Trinajstić information content (AvgIpc) is 2.71. The molecule has 2 aromatic rings. The molecular weight excluding hydrogens is 334 g/mol. The summed E-state index contributed by atoms with van der Waals surface area (Å²) in [4.78, 5) is 2.37. The van der Waals surface area contributed by atoms with Gasteiger partial charge in [0.1, 0.15) is 24.2 Å². The molecule has 2 heterocycles. The minimum Gasteiger partial charge on any atom is -0.490 e. The summed E-state index contributed by atoms with van der Waals surface area (Å²) in [6.07, 6.45) is 6.90. The maximum atomic E-state index is 6.31. The highest BCUT2D eigenvalue weighted by Gasteiger charge is 2.21. The summed E-state index contributed by atoms with van der Waals surface area (Å²) in [5, 5.41) is 0. The van der Waals surface area contributed by atoms with Gasteiger partial charge in [0, 0.05) is 24.2 Å². The highest BCUT2D eigenvalue weighted by atomic mass is 16.5. The number of hydrogen-bond acceptors (Lipinski definition) is 3. The molecule has 0 spiro atoms. The molecule has 0 bridgehead atoms. The molecular formula is C24H29NO2. The van der Waals surface area contributed by atoms with Crippen molar-refractivity contribution in [1.82, 2.24) is 4.90 Å². The standard InChI is InChI=1S/C24H29NO2/c1-18-23(27-22-12-14-25(2)15-13-22)11-10-21-16-20(17-26-24(18)21)9-8-19-6-4-3-5-7-19/h3-7,10-11,16,22H,8-9,12-15,17H2,1-2H3. The SMILES string of the molecule is Cc1c(OC2CCN(C)CC2)ccc2c1OCC(CCc1ccccc1)=C2. The first-order chi connectivity index (χ1) is 13.2. The van der Waals surface area contributed by atoms with Crippen molar-refractivity contribution < 1.29 is 9.47 Å². The average molecular weight is 364 g/mol. The lowest BCUT2D eigenvalue weighted by Crippen LogP contribution is -2.35. The Kier molecular flexibility index (Phi) is 5.49. The van der Waals surface area contributed by atoms with Crippen LogP contribution in [0.3, 0.4) is 0 Å². The van der Waals surface area contributed by atoms with Gasteiger partial charge in [-0.1, -0.05) is 30.3 Å². The number of likely N-dealkylation sites (tertiary alicyclic amines) is 1. The van der Waals surface area contributed by atoms with Crippen molar-refractivity contribution in [3.05, 3.63) is 64.7 Å². The first-order valence-corrected chi connectivity index (χ1v) is 10.0. The van der Waals surface area contributed by atoms with Gasteiger partial charge in [-0.05, 0) is 69.0 Å². The van der Waals surface area contributed by atoms with Gasteiger partial charge in [-0.15, -0.1) is 0 Å². The van der Waals surface area contributed by atoms with E-state index in [9.17, 15) is 0 Å². The maximum Gasteiger partial charge on any atom is 0.133 e. The Labute approximate surface area is 162 Å². The summed E-state index contributed by atoms with van der Waals surface area (Å²) in [5.41, 5.74) is 5.04. The van der Waals surface area contributed by atoms with Crippen molar-refractivity contribution in [2.75, 3.05) is 26.7 Å². The highest BCUT2D eigenvalue weighted by Crippen LogP contribution is 2.37. The number of aryl methyl sites for hydroxylation is 1. The molecule has 0 atom stereocenters. The van der Waals surface area contributed by atoms with E-state index in [4.69, 9.17) is 9.47 Å². The molecule has 142 valence electrons. The Morgan fingerprint density at radius 3 is 2.59 bits per heavy atom. The molecule has 1 fully saturated rings. The van der Waals surface area contributed by atoms with E-state index in [-0.39, 0.29) is 0 Å². The van der Waals surface area contributed by atoms with Crippen LogP contribution in [0.1, 0.15) is 36.0 Å². The molecule has 4 rings (SSSR count). The van der Waals surface area contributed by atoms with E-state index in [1.807, 2.05) is 0 Å². The topological polar surface area (TPSA) is 21.7 Å². The van der Waals surface area contributed by atoms with E-state index in [2.05, 4.69) is 67.4 Å².